The van der Waals surface area contributed by atoms with E-state index < -0.39 is 41.0 Å². The summed E-state index contributed by atoms with van der Waals surface area (Å²) in [4.78, 5) is 108. The number of fused-ring (bicyclic) bond motifs is 2. The summed E-state index contributed by atoms with van der Waals surface area (Å²) in [6.45, 7) is 10.8. The Balaban J connectivity index is 0.683. The van der Waals surface area contributed by atoms with E-state index in [1.165, 1.54) is 6.07 Å². The number of carbonyl (C=O) groups excluding carboxylic acids is 6. The topological polar surface area (TPSA) is 189 Å². The molecule has 3 aromatic rings. The molecule has 1 atom stereocenters. The van der Waals surface area contributed by atoms with Gasteiger partial charge < -0.3 is 24.4 Å². The van der Waals surface area contributed by atoms with Gasteiger partial charge in [0.05, 0.1) is 41.2 Å². The van der Waals surface area contributed by atoms with Crippen LogP contribution in [0.3, 0.4) is 0 Å². The van der Waals surface area contributed by atoms with Gasteiger partial charge in [-0.3, -0.25) is 53.6 Å². The summed E-state index contributed by atoms with van der Waals surface area (Å²) in [5, 5.41) is 2.51. The van der Waals surface area contributed by atoms with Crippen LogP contribution >= 0.6 is 11.8 Å². The second kappa shape index (κ2) is 19.8. The molecule has 0 saturated carbocycles. The lowest BCUT2D eigenvalue weighted by Gasteiger charge is -2.40. The molecule has 6 amide bonds. The number of carbonyl (C=O) groups is 6. The van der Waals surface area contributed by atoms with Crippen molar-refractivity contribution in [3.63, 3.8) is 0 Å². The third-order valence-electron chi connectivity index (χ3n) is 14.3. The number of likely N-dealkylation sites (tertiary alicyclic amines) is 3. The lowest BCUT2D eigenvalue weighted by Crippen LogP contribution is -2.54. The van der Waals surface area contributed by atoms with Crippen molar-refractivity contribution in [1.82, 2.24) is 39.8 Å². The van der Waals surface area contributed by atoms with Crippen LogP contribution in [-0.2, 0) is 24.9 Å². The van der Waals surface area contributed by atoms with Gasteiger partial charge in [-0.05, 0) is 82.0 Å². The van der Waals surface area contributed by atoms with E-state index in [1.54, 1.807) is 36.9 Å². The molecule has 5 saturated heterocycles. The Hall–Kier alpha value is -5.40. The lowest BCUT2D eigenvalue weighted by atomic mass is 9.95. The summed E-state index contributed by atoms with van der Waals surface area (Å²) in [5.41, 5.74) is 1.06. The molecule has 1 aromatic heterocycles. The second-order valence-electron chi connectivity index (χ2n) is 18.6. The van der Waals surface area contributed by atoms with Crippen LogP contribution < -0.4 is 20.5 Å². The number of piperazine rings is 1. The quantitative estimate of drug-likeness (QED) is 0.253. The molecule has 5 fully saturated rings. The Bertz CT molecular complexity index is 2440. The van der Waals surface area contributed by atoms with Gasteiger partial charge in [-0.25, -0.2) is 9.37 Å². The minimum Gasteiger partial charge on any atom is -0.493 e. The summed E-state index contributed by atoms with van der Waals surface area (Å²) in [6, 6.07) is 7.13. The van der Waals surface area contributed by atoms with Crippen LogP contribution in [0.1, 0.15) is 84.8 Å². The van der Waals surface area contributed by atoms with Crippen LogP contribution in [0.5, 0.6) is 5.75 Å². The predicted molar refractivity (Wildman–Crippen MR) is 245 cm³/mol. The van der Waals surface area contributed by atoms with Crippen molar-refractivity contribution in [2.45, 2.75) is 75.3 Å². The van der Waals surface area contributed by atoms with Gasteiger partial charge in [0, 0.05) is 89.6 Å². The molecule has 66 heavy (non-hydrogen) atoms. The number of rotatable bonds is 12. The molecule has 7 heterocycles. The Labute approximate surface area is 386 Å². The third-order valence-corrected chi connectivity index (χ3v) is 15.7. The van der Waals surface area contributed by atoms with Crippen molar-refractivity contribution < 1.29 is 37.9 Å². The fraction of sp³-hybridized carbons (Fsp3) is 0.574. The van der Waals surface area contributed by atoms with Crippen molar-refractivity contribution >= 4 is 63.8 Å². The number of benzene rings is 2. The number of nitrogens with one attached hydrogen (secondary N) is 2. The van der Waals surface area contributed by atoms with Crippen LogP contribution in [0.2, 0.25) is 0 Å². The molecule has 2 aromatic carbocycles. The van der Waals surface area contributed by atoms with Crippen LogP contribution in [0.4, 0.5) is 10.1 Å². The fourth-order valence-corrected chi connectivity index (χ4v) is 11.5. The standard InChI is InChI=1S/C47H58FN9O8S/c1-29(58)54-15-9-31(10-16-54)27-65-32-23-35(48)43-36(24-32)49-39(50-45(43)62)28-66-33-11-13-52(14-12-33)26-41(60)56-17-7-30(8-18-56)25-53-19-21-55(22-20-53)37-4-2-3-34-42(37)47(64)57(46(34)63)38-5-6-40(59)51-44(38)61/h2-4,23-24,30-31,33,38H,5-22,25-28H2,1H3,(H,49,50,62)(H,51,59,61). The smallest absolute Gasteiger partial charge is 0.264 e. The molecule has 19 heteroatoms. The Morgan fingerprint density at radius 2 is 1.53 bits per heavy atom. The fourth-order valence-electron chi connectivity index (χ4n) is 10.4. The van der Waals surface area contributed by atoms with Gasteiger partial charge in [0.25, 0.3) is 17.4 Å². The van der Waals surface area contributed by atoms with E-state index in [-0.39, 0.29) is 41.5 Å². The number of imide groups is 2. The van der Waals surface area contributed by atoms with Crippen molar-refractivity contribution in [2.24, 2.45) is 11.8 Å². The molecule has 6 aliphatic rings. The average Bonchev–Trinajstić information content (AvgIpc) is 3.56. The number of aromatic amines is 1. The molecular formula is C47H58FN9O8S. The van der Waals surface area contributed by atoms with Gasteiger partial charge in [-0.2, -0.15) is 11.8 Å². The average molecular weight is 928 g/mol. The minimum absolute atomic E-state index is 0.0711. The highest BCUT2D eigenvalue weighted by atomic mass is 32.2. The van der Waals surface area contributed by atoms with Gasteiger partial charge >= 0.3 is 0 Å². The molecule has 6 aliphatic heterocycles. The molecule has 0 radical (unpaired) electrons. The van der Waals surface area contributed by atoms with E-state index in [0.29, 0.717) is 84.6 Å². The maximum absolute atomic E-state index is 15.1. The maximum Gasteiger partial charge on any atom is 0.264 e. The van der Waals surface area contributed by atoms with Crippen LogP contribution in [-0.4, -0.2) is 166 Å². The van der Waals surface area contributed by atoms with Crippen molar-refractivity contribution in [3.8, 4) is 5.75 Å². The van der Waals surface area contributed by atoms with Crippen molar-refractivity contribution in [3.05, 3.63) is 63.5 Å². The molecule has 2 N–H and O–H groups in total. The summed E-state index contributed by atoms with van der Waals surface area (Å²) in [6.07, 6.45) is 5.54. The Morgan fingerprint density at radius 1 is 0.818 bits per heavy atom. The number of hydrogen-bond acceptors (Lipinski definition) is 13. The molecule has 9 rings (SSSR count). The number of ether oxygens (including phenoxy) is 1. The first-order valence-corrected chi connectivity index (χ1v) is 24.5. The molecule has 0 spiro atoms. The zero-order valence-electron chi connectivity index (χ0n) is 37.4. The molecule has 0 bridgehead atoms. The van der Waals surface area contributed by atoms with Gasteiger partial charge in [-0.1, -0.05) is 6.07 Å². The number of amides is 6. The summed E-state index contributed by atoms with van der Waals surface area (Å²) in [7, 11) is 0. The van der Waals surface area contributed by atoms with E-state index in [2.05, 4.69) is 30.0 Å². The molecule has 1 unspecified atom stereocenters. The number of thioether (sulfide) groups is 1. The van der Waals surface area contributed by atoms with Crippen LogP contribution in [0.25, 0.3) is 10.9 Å². The highest BCUT2D eigenvalue weighted by Gasteiger charge is 2.46. The summed E-state index contributed by atoms with van der Waals surface area (Å²) >= 11 is 1.72. The number of nitrogens with zero attached hydrogens (tertiary/aromatic N) is 7. The zero-order valence-corrected chi connectivity index (χ0v) is 38.3. The largest absolute Gasteiger partial charge is 0.493 e. The second-order valence-corrected chi connectivity index (χ2v) is 19.9. The molecule has 352 valence electrons. The van der Waals surface area contributed by atoms with Gasteiger partial charge in [0.2, 0.25) is 23.6 Å². The molecular weight excluding hydrogens is 870 g/mol. The number of hydrogen-bond donors (Lipinski definition) is 2. The summed E-state index contributed by atoms with van der Waals surface area (Å²) in [5.74, 6) is -0.404. The monoisotopic (exact) mass is 927 g/mol. The van der Waals surface area contributed by atoms with Gasteiger partial charge in [0.1, 0.15) is 28.8 Å². The van der Waals surface area contributed by atoms with E-state index in [1.807, 2.05) is 15.9 Å². The third kappa shape index (κ3) is 9.98. The zero-order chi connectivity index (χ0) is 46.1. The molecule has 0 aliphatic carbocycles. The first-order chi connectivity index (χ1) is 31.9. The van der Waals surface area contributed by atoms with E-state index in [0.717, 1.165) is 89.2 Å². The van der Waals surface area contributed by atoms with E-state index in [9.17, 15) is 33.6 Å². The van der Waals surface area contributed by atoms with Gasteiger partial charge in [0.15, 0.2) is 0 Å². The number of anilines is 1. The SMILES string of the molecule is CC(=O)N1CCC(COc2cc(F)c3c(=O)[nH]c(CSC4CCN(CC(=O)N5CCC(CN6CCN(c7cccc8c7C(=O)N(C7CCC(=O)NC7=O)C8=O)CC6)CC5)CC4)nc3c2)CC1. The normalized spacial score (nSPS) is 22.1. The highest BCUT2D eigenvalue weighted by molar-refractivity contribution is 7.99. The maximum atomic E-state index is 15.1. The first kappa shape index (κ1) is 45.7. The van der Waals surface area contributed by atoms with Crippen LogP contribution in [0, 0.1) is 17.7 Å². The van der Waals surface area contributed by atoms with Crippen LogP contribution in [0.15, 0.2) is 35.1 Å². The van der Waals surface area contributed by atoms with E-state index >= 15 is 4.39 Å². The van der Waals surface area contributed by atoms with Gasteiger partial charge in [-0.15, -0.1) is 0 Å². The van der Waals surface area contributed by atoms with Crippen molar-refractivity contribution in [1.29, 1.82) is 0 Å². The number of aromatic nitrogens is 2. The molecule has 17 nitrogen and oxygen atoms in total. The Kier molecular flexibility index (Phi) is 13.7. The highest BCUT2D eigenvalue weighted by Crippen LogP contribution is 2.35. The number of H-pyrrole nitrogens is 1. The lowest BCUT2D eigenvalue weighted by molar-refractivity contribution is -0.136. The number of piperidine rings is 4. The predicted octanol–water partition coefficient (Wildman–Crippen LogP) is 2.86. The first-order valence-electron chi connectivity index (χ1n) is 23.4. The summed E-state index contributed by atoms with van der Waals surface area (Å²) < 4.78 is 21.0. The minimum atomic E-state index is -0.999. The van der Waals surface area contributed by atoms with E-state index in [4.69, 9.17) is 4.74 Å². The Morgan fingerprint density at radius 3 is 2.24 bits per heavy atom. The van der Waals surface area contributed by atoms with Crippen molar-refractivity contribution in [2.75, 3.05) is 90.0 Å². The number of halogens is 1.